The molecule has 1 amide bonds. The van der Waals surface area contributed by atoms with E-state index in [-0.39, 0.29) is 35.7 Å². The van der Waals surface area contributed by atoms with Crippen molar-refractivity contribution in [1.82, 2.24) is 0 Å². The lowest BCUT2D eigenvalue weighted by molar-refractivity contribution is -0.117. The zero-order chi connectivity index (χ0) is 28.6. The molecule has 0 radical (unpaired) electrons. The molecule has 1 unspecified atom stereocenters. The van der Waals surface area contributed by atoms with Gasteiger partial charge in [0.1, 0.15) is 5.75 Å². The van der Waals surface area contributed by atoms with Gasteiger partial charge < -0.3 is 10.4 Å². The molecule has 3 aromatic rings. The first-order valence-corrected chi connectivity index (χ1v) is 14.4. The van der Waals surface area contributed by atoms with E-state index in [0.29, 0.717) is 17.7 Å². The number of nitrogens with one attached hydrogen (secondary N) is 1. The maximum Gasteiger partial charge on any atom is 0.264 e. The number of ketones is 1. The van der Waals surface area contributed by atoms with Gasteiger partial charge in [0.15, 0.2) is 5.78 Å². The van der Waals surface area contributed by atoms with Crippen LogP contribution in [0.3, 0.4) is 0 Å². The minimum absolute atomic E-state index is 0.00675. The molecule has 0 fully saturated rings. The molecule has 1 atom stereocenters. The van der Waals surface area contributed by atoms with Gasteiger partial charge in [-0.3, -0.25) is 14.1 Å². The summed E-state index contributed by atoms with van der Waals surface area (Å²) in [6.07, 6.45) is 4.62. The number of phenolic OH excluding ortho intramolecular Hbond substituents is 1. The summed E-state index contributed by atoms with van der Waals surface area (Å²) in [5.41, 5.74) is 3.78. The van der Waals surface area contributed by atoms with Crippen molar-refractivity contribution >= 4 is 33.6 Å². The van der Waals surface area contributed by atoms with Crippen LogP contribution in [0.2, 0.25) is 0 Å². The van der Waals surface area contributed by atoms with Gasteiger partial charge in [0.25, 0.3) is 10.1 Å². The smallest absolute Gasteiger partial charge is 0.264 e. The number of aromatic hydroxyl groups is 1. The topological polar surface area (TPSA) is 121 Å². The molecule has 0 saturated carbocycles. The summed E-state index contributed by atoms with van der Waals surface area (Å²) in [5.74, 6) is -1.29. The Morgan fingerprint density at radius 1 is 0.923 bits per heavy atom. The van der Waals surface area contributed by atoms with Gasteiger partial charge in [-0.1, -0.05) is 81.5 Å². The van der Waals surface area contributed by atoms with Gasteiger partial charge in [-0.2, -0.15) is 8.42 Å². The molecule has 3 aromatic carbocycles. The number of hydrogen-bond donors (Lipinski definition) is 3. The number of amides is 1. The van der Waals surface area contributed by atoms with Crippen LogP contribution in [0, 0.1) is 5.41 Å². The van der Waals surface area contributed by atoms with Crippen LogP contribution in [0.1, 0.15) is 66.6 Å². The van der Waals surface area contributed by atoms with E-state index < -0.39 is 21.8 Å². The van der Waals surface area contributed by atoms with Crippen LogP contribution in [0.5, 0.6) is 5.75 Å². The first-order valence-electron chi connectivity index (χ1n) is 12.8. The molecule has 39 heavy (non-hydrogen) atoms. The van der Waals surface area contributed by atoms with Crippen LogP contribution in [-0.4, -0.2) is 35.5 Å². The van der Waals surface area contributed by atoms with E-state index in [1.807, 2.05) is 24.3 Å². The van der Waals surface area contributed by atoms with Crippen LogP contribution < -0.4 is 5.32 Å². The first kappa shape index (κ1) is 29.8. The molecule has 0 aliphatic heterocycles. The molecule has 0 spiro atoms. The Balaban J connectivity index is 1.79. The van der Waals surface area contributed by atoms with E-state index in [4.69, 9.17) is 4.55 Å². The first-order chi connectivity index (χ1) is 18.3. The summed E-state index contributed by atoms with van der Waals surface area (Å²) in [6, 6.07) is 21.0. The Kier molecular flexibility index (Phi) is 9.83. The molecule has 8 heteroatoms. The lowest BCUT2D eigenvalue weighted by atomic mass is 9.89. The van der Waals surface area contributed by atoms with Crippen molar-refractivity contribution in [3.8, 4) is 5.75 Å². The number of Topliss-reactive ketones (excluding diaryl/α,β-unsaturated/α-hetero) is 1. The molecule has 0 aliphatic rings. The molecule has 0 heterocycles. The third kappa shape index (κ3) is 10.1. The number of carbonyl (C=O) groups excluding carboxylic acids is 2. The van der Waals surface area contributed by atoms with Crippen molar-refractivity contribution in [2.75, 3.05) is 11.1 Å². The summed E-state index contributed by atoms with van der Waals surface area (Å²) < 4.78 is 30.6. The fraction of sp³-hybridized carbons (Fsp3) is 0.290. The average Bonchev–Trinajstić information content (AvgIpc) is 2.87. The van der Waals surface area contributed by atoms with Crippen LogP contribution >= 0.6 is 0 Å². The predicted molar refractivity (Wildman–Crippen MR) is 155 cm³/mol. The predicted octanol–water partition coefficient (Wildman–Crippen LogP) is 6.27. The molecule has 0 aliphatic carbocycles. The summed E-state index contributed by atoms with van der Waals surface area (Å²) in [4.78, 5) is 25.8. The number of benzene rings is 3. The number of phenols is 1. The molecule has 0 saturated heterocycles. The second-order valence-electron chi connectivity index (χ2n) is 10.7. The second-order valence-corrected chi connectivity index (χ2v) is 12.2. The van der Waals surface area contributed by atoms with Crippen molar-refractivity contribution < 1.29 is 27.7 Å². The standard InChI is InChI=1S/C31H35NO6S/c1-31(2,3)19-18-22-6-10-24(11-7-22)28(30(35)32-26-14-16-27(33)17-15-26)21-23-8-12-25(13-9-23)29(34)5-4-20-39(36,37)38/h6-19,28,33H,4-5,20-21H2,1-3H3,(H,32,35)(H,36,37,38)/b19-18+. The Morgan fingerprint density at radius 2 is 1.54 bits per heavy atom. The molecular formula is C31H35NO6S. The van der Waals surface area contributed by atoms with Gasteiger partial charge in [0.05, 0.1) is 11.7 Å². The van der Waals surface area contributed by atoms with Gasteiger partial charge in [-0.15, -0.1) is 0 Å². The van der Waals surface area contributed by atoms with Crippen molar-refractivity contribution in [3.05, 3.63) is 101 Å². The van der Waals surface area contributed by atoms with E-state index in [1.54, 1.807) is 36.4 Å². The van der Waals surface area contributed by atoms with E-state index >= 15 is 0 Å². The average molecular weight is 550 g/mol. The highest BCUT2D eigenvalue weighted by Gasteiger charge is 2.22. The number of allylic oxidation sites excluding steroid dienone is 1. The monoisotopic (exact) mass is 549 g/mol. The molecule has 3 N–H and O–H groups in total. The van der Waals surface area contributed by atoms with Gasteiger partial charge >= 0.3 is 0 Å². The second kappa shape index (κ2) is 12.9. The van der Waals surface area contributed by atoms with Crippen LogP contribution in [0.15, 0.2) is 78.9 Å². The largest absolute Gasteiger partial charge is 0.508 e. The fourth-order valence-electron chi connectivity index (χ4n) is 3.94. The van der Waals surface area contributed by atoms with Gasteiger partial charge in [-0.05, 0) is 59.2 Å². The number of hydrogen-bond acceptors (Lipinski definition) is 5. The van der Waals surface area contributed by atoms with E-state index in [2.05, 4.69) is 38.2 Å². The van der Waals surface area contributed by atoms with Crippen molar-refractivity contribution in [2.45, 2.75) is 46.0 Å². The molecule has 7 nitrogen and oxygen atoms in total. The summed E-state index contributed by atoms with van der Waals surface area (Å²) in [5, 5.41) is 12.5. The zero-order valence-corrected chi connectivity index (χ0v) is 23.2. The summed E-state index contributed by atoms with van der Waals surface area (Å²) >= 11 is 0. The van der Waals surface area contributed by atoms with Crippen LogP contribution in [0.25, 0.3) is 6.08 Å². The van der Waals surface area contributed by atoms with E-state index in [9.17, 15) is 23.1 Å². The normalized spacial score (nSPS) is 12.8. The highest BCUT2D eigenvalue weighted by molar-refractivity contribution is 7.85. The quantitative estimate of drug-likeness (QED) is 0.147. The summed E-state index contributed by atoms with van der Waals surface area (Å²) in [6.45, 7) is 6.37. The minimum atomic E-state index is -4.10. The van der Waals surface area contributed by atoms with Gasteiger partial charge in [0.2, 0.25) is 5.91 Å². The molecule has 3 rings (SSSR count). The van der Waals surface area contributed by atoms with Crippen molar-refractivity contribution in [2.24, 2.45) is 5.41 Å². The van der Waals surface area contributed by atoms with Gasteiger partial charge in [0, 0.05) is 17.7 Å². The fourth-order valence-corrected chi connectivity index (χ4v) is 4.45. The van der Waals surface area contributed by atoms with E-state index in [1.165, 1.54) is 12.1 Å². The van der Waals surface area contributed by atoms with Gasteiger partial charge in [-0.25, -0.2) is 0 Å². The molecule has 206 valence electrons. The number of anilines is 1. The Hall–Kier alpha value is -3.75. The zero-order valence-electron chi connectivity index (χ0n) is 22.4. The SMILES string of the molecule is CC(C)(C)/C=C/c1ccc(C(Cc2ccc(C(=O)CCCS(=O)(=O)O)cc2)C(=O)Nc2ccc(O)cc2)cc1. The van der Waals surface area contributed by atoms with Crippen LogP contribution in [-0.2, 0) is 21.3 Å². The number of carbonyl (C=O) groups is 2. The third-order valence-corrected chi connectivity index (χ3v) is 6.89. The third-order valence-electron chi connectivity index (χ3n) is 6.09. The molecule has 0 aromatic heterocycles. The lowest BCUT2D eigenvalue weighted by Crippen LogP contribution is -2.23. The van der Waals surface area contributed by atoms with Crippen molar-refractivity contribution in [1.29, 1.82) is 0 Å². The maximum atomic E-state index is 13.4. The Morgan fingerprint density at radius 3 is 2.10 bits per heavy atom. The molecule has 0 bridgehead atoms. The highest BCUT2D eigenvalue weighted by Crippen LogP contribution is 2.26. The lowest BCUT2D eigenvalue weighted by Gasteiger charge is -2.18. The Labute approximate surface area is 230 Å². The highest BCUT2D eigenvalue weighted by atomic mass is 32.2. The maximum absolute atomic E-state index is 13.4. The Bertz CT molecular complexity index is 1400. The summed E-state index contributed by atoms with van der Waals surface area (Å²) in [7, 11) is -4.10. The molecular weight excluding hydrogens is 514 g/mol. The minimum Gasteiger partial charge on any atom is -0.508 e. The van der Waals surface area contributed by atoms with E-state index in [0.717, 1.165) is 16.7 Å². The van der Waals surface area contributed by atoms with Crippen LogP contribution in [0.4, 0.5) is 5.69 Å². The van der Waals surface area contributed by atoms with Crippen molar-refractivity contribution in [3.63, 3.8) is 0 Å². The number of rotatable bonds is 11.